The summed E-state index contributed by atoms with van der Waals surface area (Å²) in [5, 5.41) is 5.92. The van der Waals surface area contributed by atoms with Crippen LogP contribution in [0.15, 0.2) is 66.3 Å². The van der Waals surface area contributed by atoms with Crippen LogP contribution in [0.5, 0.6) is 17.5 Å². The maximum atomic E-state index is 11.1. The Labute approximate surface area is 177 Å². The van der Waals surface area contributed by atoms with Crippen LogP contribution >= 0.6 is 11.3 Å². The molecule has 0 amide bonds. The van der Waals surface area contributed by atoms with Crippen molar-refractivity contribution in [2.24, 2.45) is 0 Å². The highest BCUT2D eigenvalue weighted by molar-refractivity contribution is 7.14. The summed E-state index contributed by atoms with van der Waals surface area (Å²) in [6, 6.07) is 15.4. The largest absolute Gasteiger partial charge is 0.467 e. The fourth-order valence-corrected chi connectivity index (χ4v) is 3.50. The first-order valence-corrected chi connectivity index (χ1v) is 10.0. The molecule has 0 bridgehead atoms. The Balaban J connectivity index is 1.52. The monoisotopic (exact) mass is 418 g/mol. The summed E-state index contributed by atoms with van der Waals surface area (Å²) in [6.45, 7) is 0. The molecule has 0 aliphatic rings. The van der Waals surface area contributed by atoms with Gasteiger partial charge >= 0.3 is 6.01 Å². The Morgan fingerprint density at radius 2 is 1.90 bits per heavy atom. The van der Waals surface area contributed by atoms with Crippen molar-refractivity contribution in [3.63, 3.8) is 0 Å². The lowest BCUT2D eigenvalue weighted by Crippen LogP contribution is -1.96. The average molecular weight is 418 g/mol. The lowest BCUT2D eigenvalue weighted by atomic mass is 10.1. The van der Waals surface area contributed by atoms with E-state index in [4.69, 9.17) is 9.47 Å². The van der Waals surface area contributed by atoms with Gasteiger partial charge in [0.15, 0.2) is 5.13 Å². The molecule has 0 atom stereocenters. The highest BCUT2D eigenvalue weighted by atomic mass is 32.1. The number of rotatable bonds is 8. The molecule has 0 aliphatic heterocycles. The standard InChI is InChI=1S/C22H18N4O3S/c1-28-21-23-12-16(13-24-21)19-14-30-22(26-19)25-17-7-8-20(15(11-17)9-10-27)29-18-5-3-2-4-6-18/h2-8,10-14H,9H2,1H3,(H,25,26). The molecule has 0 spiro atoms. The molecule has 0 radical (unpaired) electrons. The van der Waals surface area contributed by atoms with Crippen molar-refractivity contribution in [3.05, 3.63) is 71.9 Å². The number of para-hydroxylation sites is 1. The fourth-order valence-electron chi connectivity index (χ4n) is 2.76. The Hall–Kier alpha value is -3.78. The van der Waals surface area contributed by atoms with E-state index in [1.807, 2.05) is 53.9 Å². The molecule has 30 heavy (non-hydrogen) atoms. The predicted molar refractivity (Wildman–Crippen MR) is 116 cm³/mol. The molecule has 4 aromatic rings. The first-order valence-electron chi connectivity index (χ1n) is 9.13. The highest BCUT2D eigenvalue weighted by Crippen LogP contribution is 2.31. The third kappa shape index (κ3) is 4.61. The molecule has 0 unspecified atom stereocenters. The summed E-state index contributed by atoms with van der Waals surface area (Å²) in [6.07, 6.45) is 4.46. The maximum Gasteiger partial charge on any atom is 0.316 e. The summed E-state index contributed by atoms with van der Waals surface area (Å²) >= 11 is 1.47. The van der Waals surface area contributed by atoms with E-state index in [2.05, 4.69) is 20.3 Å². The number of benzene rings is 2. The van der Waals surface area contributed by atoms with Crippen LogP contribution in [0.3, 0.4) is 0 Å². The molecule has 0 saturated heterocycles. The number of hydrogen-bond donors (Lipinski definition) is 1. The van der Waals surface area contributed by atoms with Crippen molar-refractivity contribution in [2.75, 3.05) is 12.4 Å². The van der Waals surface area contributed by atoms with Gasteiger partial charge in [0.25, 0.3) is 0 Å². The first-order chi connectivity index (χ1) is 14.7. The third-order valence-electron chi connectivity index (χ3n) is 4.20. The summed E-state index contributed by atoms with van der Waals surface area (Å²) in [4.78, 5) is 23.9. The van der Waals surface area contributed by atoms with Crippen molar-refractivity contribution in [1.82, 2.24) is 15.0 Å². The Morgan fingerprint density at radius 1 is 1.10 bits per heavy atom. The van der Waals surface area contributed by atoms with E-state index in [1.54, 1.807) is 12.4 Å². The molecule has 7 nitrogen and oxygen atoms in total. The van der Waals surface area contributed by atoms with Gasteiger partial charge in [-0.1, -0.05) is 18.2 Å². The SMILES string of the molecule is COc1ncc(-c2csc(Nc3ccc(Oc4ccccc4)c(CC=O)c3)n2)cn1. The van der Waals surface area contributed by atoms with Gasteiger partial charge in [0.05, 0.1) is 12.8 Å². The normalized spacial score (nSPS) is 10.4. The number of ether oxygens (including phenoxy) is 2. The molecule has 8 heteroatoms. The molecule has 2 aromatic heterocycles. The van der Waals surface area contributed by atoms with Crippen LogP contribution < -0.4 is 14.8 Å². The van der Waals surface area contributed by atoms with Gasteiger partial charge in [0.1, 0.15) is 17.8 Å². The van der Waals surface area contributed by atoms with Crippen LogP contribution in [0.25, 0.3) is 11.3 Å². The topological polar surface area (TPSA) is 86.2 Å². The highest BCUT2D eigenvalue weighted by Gasteiger charge is 2.10. The van der Waals surface area contributed by atoms with Crippen LogP contribution in [-0.2, 0) is 11.2 Å². The number of nitrogens with one attached hydrogen (secondary N) is 1. The summed E-state index contributed by atoms with van der Waals surface area (Å²) < 4.78 is 10.9. The number of carbonyl (C=O) groups excluding carboxylic acids is 1. The second kappa shape index (κ2) is 9.15. The molecule has 4 rings (SSSR count). The van der Waals surface area contributed by atoms with E-state index in [-0.39, 0.29) is 6.42 Å². The van der Waals surface area contributed by atoms with Gasteiger partial charge < -0.3 is 19.6 Å². The number of nitrogens with zero attached hydrogens (tertiary/aromatic N) is 3. The first kappa shape index (κ1) is 19.5. The van der Waals surface area contributed by atoms with Crippen LogP contribution in [-0.4, -0.2) is 28.3 Å². The predicted octanol–water partition coefficient (Wildman–Crippen LogP) is 4.89. The Kier molecular flexibility index (Phi) is 5.95. The van der Waals surface area contributed by atoms with E-state index in [0.29, 0.717) is 11.8 Å². The van der Waals surface area contributed by atoms with Gasteiger partial charge in [-0.2, -0.15) is 0 Å². The Bertz CT molecular complexity index is 1130. The minimum absolute atomic E-state index is 0.254. The molecular weight excluding hydrogens is 400 g/mol. The van der Waals surface area contributed by atoms with Crippen molar-refractivity contribution >= 4 is 28.4 Å². The second-order valence-corrected chi connectivity index (χ2v) is 7.09. The zero-order valence-electron chi connectivity index (χ0n) is 16.1. The smallest absolute Gasteiger partial charge is 0.316 e. The molecule has 1 N–H and O–H groups in total. The molecule has 2 aromatic carbocycles. The lowest BCUT2D eigenvalue weighted by molar-refractivity contribution is -0.107. The van der Waals surface area contributed by atoms with Gasteiger partial charge in [-0.05, 0) is 30.3 Å². The fraction of sp³-hybridized carbons (Fsp3) is 0.0909. The van der Waals surface area contributed by atoms with Crippen molar-refractivity contribution < 1.29 is 14.3 Å². The van der Waals surface area contributed by atoms with Crippen molar-refractivity contribution in [3.8, 4) is 28.8 Å². The molecule has 0 aliphatic carbocycles. The van der Waals surface area contributed by atoms with E-state index in [9.17, 15) is 4.79 Å². The van der Waals surface area contributed by atoms with Crippen LogP contribution in [0.2, 0.25) is 0 Å². The van der Waals surface area contributed by atoms with Gasteiger partial charge in [-0.25, -0.2) is 15.0 Å². The number of anilines is 2. The Morgan fingerprint density at radius 3 is 2.63 bits per heavy atom. The summed E-state index contributed by atoms with van der Waals surface area (Å²) in [5.41, 5.74) is 3.17. The van der Waals surface area contributed by atoms with Gasteiger partial charge in [0.2, 0.25) is 0 Å². The molecule has 150 valence electrons. The van der Waals surface area contributed by atoms with E-state index < -0.39 is 0 Å². The number of aldehydes is 1. The molecule has 2 heterocycles. The molecular formula is C22H18N4O3S. The van der Waals surface area contributed by atoms with Crippen LogP contribution in [0.4, 0.5) is 10.8 Å². The number of methoxy groups -OCH3 is 1. The second-order valence-electron chi connectivity index (χ2n) is 6.23. The summed E-state index contributed by atoms with van der Waals surface area (Å²) in [7, 11) is 1.52. The van der Waals surface area contributed by atoms with Gasteiger partial charge in [-0.15, -0.1) is 11.3 Å². The number of aromatic nitrogens is 3. The van der Waals surface area contributed by atoms with Gasteiger partial charge in [0, 0.05) is 41.0 Å². The minimum Gasteiger partial charge on any atom is -0.467 e. The maximum absolute atomic E-state index is 11.1. The van der Waals surface area contributed by atoms with E-state index in [0.717, 1.165) is 39.7 Å². The zero-order chi connectivity index (χ0) is 20.8. The van der Waals surface area contributed by atoms with Crippen LogP contribution in [0.1, 0.15) is 5.56 Å². The third-order valence-corrected chi connectivity index (χ3v) is 4.95. The van der Waals surface area contributed by atoms with Crippen LogP contribution in [0, 0.1) is 0 Å². The quantitative estimate of drug-likeness (QED) is 0.408. The average Bonchev–Trinajstić information content (AvgIpc) is 3.25. The molecule has 0 saturated carbocycles. The van der Waals surface area contributed by atoms with E-state index >= 15 is 0 Å². The lowest BCUT2D eigenvalue weighted by Gasteiger charge is -2.12. The number of thiazole rings is 1. The van der Waals surface area contributed by atoms with E-state index in [1.165, 1.54) is 18.4 Å². The minimum atomic E-state index is 0.254. The van der Waals surface area contributed by atoms with Gasteiger partial charge in [-0.3, -0.25) is 0 Å². The van der Waals surface area contributed by atoms with Crippen molar-refractivity contribution in [2.45, 2.75) is 6.42 Å². The van der Waals surface area contributed by atoms with Crippen molar-refractivity contribution in [1.29, 1.82) is 0 Å². The number of carbonyl (C=O) groups is 1. The number of hydrogen-bond acceptors (Lipinski definition) is 8. The summed E-state index contributed by atoms with van der Waals surface area (Å²) in [5.74, 6) is 1.37. The molecule has 0 fully saturated rings. The zero-order valence-corrected chi connectivity index (χ0v) is 16.9.